The molecule has 0 heterocycles. The van der Waals surface area contributed by atoms with Crippen LogP contribution < -0.4 is 0 Å². The summed E-state index contributed by atoms with van der Waals surface area (Å²) >= 11 is 0. The molecule has 0 bridgehead atoms. The average molecular weight is 206 g/mol. The predicted octanol–water partition coefficient (Wildman–Crippen LogP) is 3.07. The van der Waals surface area contributed by atoms with Gasteiger partial charge in [0.2, 0.25) is 0 Å². The van der Waals surface area contributed by atoms with Gasteiger partial charge in [-0.25, -0.2) is 0 Å². The number of carbonyl (C=O) groups is 1. The SMILES string of the molecule is CCCCC(OC)C(=O)c1ccccc1. The first-order valence-electron chi connectivity index (χ1n) is 5.41. The topological polar surface area (TPSA) is 26.3 Å². The quantitative estimate of drug-likeness (QED) is 0.669. The standard InChI is InChI=1S/C13H18O2/c1-3-4-10-12(15-2)13(14)11-8-6-5-7-9-11/h5-9,12H,3-4,10H2,1-2H3. The molecule has 0 fully saturated rings. The van der Waals surface area contributed by atoms with E-state index in [-0.39, 0.29) is 11.9 Å². The molecule has 0 aliphatic rings. The summed E-state index contributed by atoms with van der Waals surface area (Å²) in [6.45, 7) is 2.11. The number of hydrogen-bond donors (Lipinski definition) is 0. The summed E-state index contributed by atoms with van der Waals surface area (Å²) in [7, 11) is 1.60. The van der Waals surface area contributed by atoms with Crippen molar-refractivity contribution >= 4 is 5.78 Å². The van der Waals surface area contributed by atoms with Crippen LogP contribution in [-0.4, -0.2) is 19.0 Å². The first-order valence-corrected chi connectivity index (χ1v) is 5.41. The van der Waals surface area contributed by atoms with Gasteiger partial charge in [0.15, 0.2) is 5.78 Å². The van der Waals surface area contributed by atoms with E-state index in [1.165, 1.54) is 0 Å². The monoisotopic (exact) mass is 206 g/mol. The third kappa shape index (κ3) is 3.48. The zero-order chi connectivity index (χ0) is 11.1. The van der Waals surface area contributed by atoms with E-state index < -0.39 is 0 Å². The van der Waals surface area contributed by atoms with E-state index in [9.17, 15) is 4.79 Å². The molecule has 82 valence electrons. The number of ketones is 1. The van der Waals surface area contributed by atoms with Gasteiger partial charge in [-0.05, 0) is 6.42 Å². The molecule has 0 saturated heterocycles. The summed E-state index contributed by atoms with van der Waals surface area (Å²) in [4.78, 5) is 12.0. The van der Waals surface area contributed by atoms with Gasteiger partial charge in [0.1, 0.15) is 6.10 Å². The summed E-state index contributed by atoms with van der Waals surface area (Å²) in [6.07, 6.45) is 2.63. The lowest BCUT2D eigenvalue weighted by molar-refractivity contribution is 0.0574. The number of methoxy groups -OCH3 is 1. The molecule has 1 rings (SSSR count). The van der Waals surface area contributed by atoms with Gasteiger partial charge in [0.25, 0.3) is 0 Å². The minimum absolute atomic E-state index is 0.0894. The maximum Gasteiger partial charge on any atom is 0.191 e. The van der Waals surface area contributed by atoms with Gasteiger partial charge in [-0.15, -0.1) is 0 Å². The zero-order valence-electron chi connectivity index (χ0n) is 9.40. The molecule has 0 aromatic heterocycles. The van der Waals surface area contributed by atoms with Crippen molar-refractivity contribution in [2.45, 2.75) is 32.3 Å². The highest BCUT2D eigenvalue weighted by Gasteiger charge is 2.18. The lowest BCUT2D eigenvalue weighted by atomic mass is 10.0. The highest BCUT2D eigenvalue weighted by molar-refractivity contribution is 5.99. The molecule has 0 radical (unpaired) electrons. The van der Waals surface area contributed by atoms with E-state index in [0.717, 1.165) is 24.8 Å². The van der Waals surface area contributed by atoms with Crippen LogP contribution in [0.3, 0.4) is 0 Å². The molecule has 0 aliphatic heterocycles. The molecular weight excluding hydrogens is 188 g/mol. The summed E-state index contributed by atoms with van der Waals surface area (Å²) in [5.41, 5.74) is 0.737. The van der Waals surface area contributed by atoms with Gasteiger partial charge in [-0.2, -0.15) is 0 Å². The Hall–Kier alpha value is -1.15. The van der Waals surface area contributed by atoms with Crippen LogP contribution in [-0.2, 0) is 4.74 Å². The molecular formula is C13H18O2. The maximum atomic E-state index is 12.0. The normalized spacial score (nSPS) is 12.4. The molecule has 2 heteroatoms. The Morgan fingerprint density at radius 2 is 2.00 bits per heavy atom. The Labute approximate surface area is 91.3 Å². The van der Waals surface area contributed by atoms with E-state index in [1.807, 2.05) is 30.3 Å². The summed E-state index contributed by atoms with van der Waals surface area (Å²) in [6, 6.07) is 9.32. The third-order valence-electron chi connectivity index (χ3n) is 2.46. The Morgan fingerprint density at radius 3 is 2.53 bits per heavy atom. The molecule has 1 aromatic carbocycles. The second-order valence-corrected chi connectivity index (χ2v) is 3.60. The fourth-order valence-corrected chi connectivity index (χ4v) is 1.53. The van der Waals surface area contributed by atoms with Gasteiger partial charge < -0.3 is 4.74 Å². The Morgan fingerprint density at radius 1 is 1.33 bits per heavy atom. The Bertz CT molecular complexity index is 293. The number of benzene rings is 1. The highest BCUT2D eigenvalue weighted by atomic mass is 16.5. The van der Waals surface area contributed by atoms with Crippen molar-refractivity contribution in [3.63, 3.8) is 0 Å². The molecule has 15 heavy (non-hydrogen) atoms. The number of unbranched alkanes of at least 4 members (excludes halogenated alkanes) is 1. The minimum Gasteiger partial charge on any atom is -0.373 e. The number of hydrogen-bond acceptors (Lipinski definition) is 2. The van der Waals surface area contributed by atoms with Crippen molar-refractivity contribution in [2.24, 2.45) is 0 Å². The van der Waals surface area contributed by atoms with Crippen molar-refractivity contribution in [2.75, 3.05) is 7.11 Å². The number of carbonyl (C=O) groups excluding carboxylic acids is 1. The average Bonchev–Trinajstić information content (AvgIpc) is 2.31. The van der Waals surface area contributed by atoms with E-state index in [1.54, 1.807) is 7.11 Å². The van der Waals surface area contributed by atoms with Crippen LogP contribution in [0.4, 0.5) is 0 Å². The molecule has 2 nitrogen and oxygen atoms in total. The van der Waals surface area contributed by atoms with Crippen LogP contribution >= 0.6 is 0 Å². The molecule has 0 N–H and O–H groups in total. The molecule has 1 aromatic rings. The van der Waals surface area contributed by atoms with Crippen molar-refractivity contribution in [1.29, 1.82) is 0 Å². The van der Waals surface area contributed by atoms with Gasteiger partial charge in [-0.3, -0.25) is 4.79 Å². The van der Waals surface area contributed by atoms with Crippen LogP contribution in [0.2, 0.25) is 0 Å². The van der Waals surface area contributed by atoms with Crippen LogP contribution in [0.25, 0.3) is 0 Å². The first-order chi connectivity index (χ1) is 7.29. The highest BCUT2D eigenvalue weighted by Crippen LogP contribution is 2.11. The first kappa shape index (κ1) is 11.9. The summed E-state index contributed by atoms with van der Waals surface area (Å²) < 4.78 is 5.22. The molecule has 0 spiro atoms. The zero-order valence-corrected chi connectivity index (χ0v) is 9.40. The number of ether oxygens (including phenoxy) is 1. The largest absolute Gasteiger partial charge is 0.373 e. The minimum atomic E-state index is -0.285. The van der Waals surface area contributed by atoms with Crippen molar-refractivity contribution < 1.29 is 9.53 Å². The second kappa shape index (κ2) is 6.36. The van der Waals surface area contributed by atoms with E-state index >= 15 is 0 Å². The van der Waals surface area contributed by atoms with E-state index in [4.69, 9.17) is 4.74 Å². The number of Topliss-reactive ketones (excluding diaryl/α,β-unsaturated/α-hetero) is 1. The van der Waals surface area contributed by atoms with Gasteiger partial charge in [0, 0.05) is 12.7 Å². The lowest BCUT2D eigenvalue weighted by Gasteiger charge is -2.13. The van der Waals surface area contributed by atoms with Crippen molar-refractivity contribution in [3.8, 4) is 0 Å². The van der Waals surface area contributed by atoms with E-state index in [0.29, 0.717) is 0 Å². The molecule has 0 amide bonds. The second-order valence-electron chi connectivity index (χ2n) is 3.60. The third-order valence-corrected chi connectivity index (χ3v) is 2.46. The molecule has 0 saturated carbocycles. The predicted molar refractivity (Wildman–Crippen MR) is 61.1 cm³/mol. The van der Waals surface area contributed by atoms with Gasteiger partial charge in [0.05, 0.1) is 0 Å². The lowest BCUT2D eigenvalue weighted by Crippen LogP contribution is -2.22. The van der Waals surface area contributed by atoms with Gasteiger partial charge >= 0.3 is 0 Å². The van der Waals surface area contributed by atoms with Crippen LogP contribution in [0.1, 0.15) is 36.5 Å². The fourth-order valence-electron chi connectivity index (χ4n) is 1.53. The van der Waals surface area contributed by atoms with Crippen LogP contribution in [0.5, 0.6) is 0 Å². The fraction of sp³-hybridized carbons (Fsp3) is 0.462. The molecule has 1 atom stereocenters. The molecule has 0 aliphatic carbocycles. The Kier molecular flexibility index (Phi) is 5.05. The maximum absolute atomic E-state index is 12.0. The van der Waals surface area contributed by atoms with Crippen molar-refractivity contribution in [1.82, 2.24) is 0 Å². The summed E-state index contributed by atoms with van der Waals surface area (Å²) in [5.74, 6) is 0.0894. The van der Waals surface area contributed by atoms with E-state index in [2.05, 4.69) is 6.92 Å². The Balaban J connectivity index is 2.65. The van der Waals surface area contributed by atoms with Crippen LogP contribution in [0.15, 0.2) is 30.3 Å². The molecule has 1 unspecified atom stereocenters. The summed E-state index contributed by atoms with van der Waals surface area (Å²) in [5, 5.41) is 0. The number of rotatable bonds is 6. The van der Waals surface area contributed by atoms with Gasteiger partial charge in [-0.1, -0.05) is 50.1 Å². The smallest absolute Gasteiger partial charge is 0.191 e. The van der Waals surface area contributed by atoms with Crippen molar-refractivity contribution in [3.05, 3.63) is 35.9 Å². The van der Waals surface area contributed by atoms with Crippen LogP contribution in [0, 0.1) is 0 Å².